The first kappa shape index (κ1) is 11.0. The molecule has 1 aliphatic rings. The second-order valence-electron chi connectivity index (χ2n) is 5.06. The largest absolute Gasteiger partial charge is 0.396 e. The molecule has 0 aromatic carbocycles. The molecule has 1 fully saturated rings. The third kappa shape index (κ3) is 4.12. The van der Waals surface area contributed by atoms with Crippen LogP contribution in [0.1, 0.15) is 52.4 Å². The third-order valence-electron chi connectivity index (χ3n) is 3.20. The van der Waals surface area contributed by atoms with Crippen LogP contribution in [0.5, 0.6) is 0 Å². The van der Waals surface area contributed by atoms with Crippen molar-refractivity contribution in [2.45, 2.75) is 52.4 Å². The molecule has 0 spiro atoms. The van der Waals surface area contributed by atoms with Crippen LogP contribution in [0.25, 0.3) is 0 Å². The lowest BCUT2D eigenvalue weighted by Crippen LogP contribution is -2.13. The lowest BCUT2D eigenvalue weighted by molar-refractivity contribution is 0.180. The Kier molecular flexibility index (Phi) is 4.79. The van der Waals surface area contributed by atoms with Gasteiger partial charge in [0.1, 0.15) is 0 Å². The van der Waals surface area contributed by atoms with Crippen molar-refractivity contribution >= 4 is 0 Å². The van der Waals surface area contributed by atoms with Crippen molar-refractivity contribution in [2.75, 3.05) is 6.61 Å². The van der Waals surface area contributed by atoms with E-state index in [1.807, 2.05) is 0 Å². The third-order valence-corrected chi connectivity index (χ3v) is 3.20. The summed E-state index contributed by atoms with van der Waals surface area (Å²) in [4.78, 5) is 0. The van der Waals surface area contributed by atoms with Crippen LogP contribution in [0.2, 0.25) is 0 Å². The van der Waals surface area contributed by atoms with E-state index in [9.17, 15) is 5.11 Å². The average molecular weight is 184 g/mol. The van der Waals surface area contributed by atoms with Crippen LogP contribution in [0.3, 0.4) is 0 Å². The van der Waals surface area contributed by atoms with Crippen molar-refractivity contribution in [3.63, 3.8) is 0 Å². The van der Waals surface area contributed by atoms with Crippen LogP contribution in [0.4, 0.5) is 0 Å². The zero-order chi connectivity index (χ0) is 9.68. The van der Waals surface area contributed by atoms with Gasteiger partial charge in [-0.15, -0.1) is 0 Å². The predicted molar refractivity (Wildman–Crippen MR) is 56.6 cm³/mol. The minimum Gasteiger partial charge on any atom is -0.396 e. The minimum atomic E-state index is 0.398. The lowest BCUT2D eigenvalue weighted by atomic mass is 9.88. The van der Waals surface area contributed by atoms with Crippen molar-refractivity contribution in [2.24, 2.45) is 17.8 Å². The molecule has 0 aliphatic heterocycles. The van der Waals surface area contributed by atoms with Crippen molar-refractivity contribution < 1.29 is 5.11 Å². The molecule has 0 bridgehead atoms. The molecule has 1 N–H and O–H groups in total. The maximum absolute atomic E-state index is 9.24. The number of aliphatic hydroxyl groups is 1. The Balaban J connectivity index is 2.21. The van der Waals surface area contributed by atoms with Gasteiger partial charge in [-0.2, -0.15) is 0 Å². The Hall–Kier alpha value is -0.0400. The molecule has 1 atom stereocenters. The van der Waals surface area contributed by atoms with Crippen molar-refractivity contribution in [1.82, 2.24) is 0 Å². The van der Waals surface area contributed by atoms with Gasteiger partial charge in [0.2, 0.25) is 0 Å². The smallest absolute Gasteiger partial charge is 0.0459 e. The predicted octanol–water partition coefficient (Wildman–Crippen LogP) is 3.22. The van der Waals surface area contributed by atoms with E-state index in [1.165, 1.54) is 38.5 Å². The molecular formula is C12H24O. The molecule has 78 valence electrons. The SMILES string of the molecule is CC(C)CC(CO)CC1CCCC1. The van der Waals surface area contributed by atoms with Gasteiger partial charge in [0.25, 0.3) is 0 Å². The normalized spacial score (nSPS) is 21.2. The molecule has 0 radical (unpaired) electrons. The Morgan fingerprint density at radius 1 is 1.23 bits per heavy atom. The quantitative estimate of drug-likeness (QED) is 0.695. The van der Waals surface area contributed by atoms with Crippen LogP contribution >= 0.6 is 0 Å². The Morgan fingerprint density at radius 3 is 2.31 bits per heavy atom. The molecular weight excluding hydrogens is 160 g/mol. The van der Waals surface area contributed by atoms with E-state index < -0.39 is 0 Å². The zero-order valence-corrected chi connectivity index (χ0v) is 9.13. The highest BCUT2D eigenvalue weighted by Gasteiger charge is 2.20. The fourth-order valence-corrected chi connectivity index (χ4v) is 2.63. The van der Waals surface area contributed by atoms with Crippen molar-refractivity contribution in [3.05, 3.63) is 0 Å². The molecule has 0 aromatic rings. The molecule has 13 heavy (non-hydrogen) atoms. The molecule has 1 saturated carbocycles. The molecule has 1 aliphatic carbocycles. The first-order valence-corrected chi connectivity index (χ1v) is 5.83. The molecule has 0 aromatic heterocycles. The minimum absolute atomic E-state index is 0.398. The summed E-state index contributed by atoms with van der Waals surface area (Å²) in [7, 11) is 0. The topological polar surface area (TPSA) is 20.2 Å². The molecule has 0 heterocycles. The van der Waals surface area contributed by atoms with Gasteiger partial charge >= 0.3 is 0 Å². The van der Waals surface area contributed by atoms with Gasteiger partial charge < -0.3 is 5.11 Å². The maximum Gasteiger partial charge on any atom is 0.0459 e. The van der Waals surface area contributed by atoms with Gasteiger partial charge in [-0.05, 0) is 30.6 Å². The van der Waals surface area contributed by atoms with Gasteiger partial charge in [-0.1, -0.05) is 39.5 Å². The Labute approximate surface area is 82.5 Å². The fraction of sp³-hybridized carbons (Fsp3) is 1.00. The second kappa shape index (κ2) is 5.64. The summed E-state index contributed by atoms with van der Waals surface area (Å²) in [6.45, 7) is 4.89. The molecule has 1 heteroatoms. The summed E-state index contributed by atoms with van der Waals surface area (Å²) in [5.41, 5.74) is 0. The number of rotatable bonds is 5. The van der Waals surface area contributed by atoms with E-state index in [0.717, 1.165) is 11.8 Å². The van der Waals surface area contributed by atoms with E-state index in [1.54, 1.807) is 0 Å². The van der Waals surface area contributed by atoms with E-state index >= 15 is 0 Å². The molecule has 1 unspecified atom stereocenters. The first-order valence-electron chi connectivity index (χ1n) is 5.83. The standard InChI is InChI=1S/C12H24O/c1-10(2)7-12(9-13)8-11-5-3-4-6-11/h10-13H,3-9H2,1-2H3. The van der Waals surface area contributed by atoms with Crippen LogP contribution in [0, 0.1) is 17.8 Å². The highest BCUT2D eigenvalue weighted by Crippen LogP contribution is 2.32. The van der Waals surface area contributed by atoms with Crippen LogP contribution in [-0.4, -0.2) is 11.7 Å². The first-order chi connectivity index (χ1) is 6.22. The highest BCUT2D eigenvalue weighted by molar-refractivity contribution is 4.72. The monoisotopic (exact) mass is 184 g/mol. The lowest BCUT2D eigenvalue weighted by Gasteiger charge is -2.19. The molecule has 1 nitrogen and oxygen atoms in total. The van der Waals surface area contributed by atoms with Gasteiger partial charge in [0.05, 0.1) is 0 Å². The van der Waals surface area contributed by atoms with Crippen LogP contribution in [-0.2, 0) is 0 Å². The van der Waals surface area contributed by atoms with Gasteiger partial charge in [-0.3, -0.25) is 0 Å². The van der Waals surface area contributed by atoms with E-state index in [-0.39, 0.29) is 0 Å². The maximum atomic E-state index is 9.24. The second-order valence-corrected chi connectivity index (χ2v) is 5.06. The van der Waals surface area contributed by atoms with Crippen molar-refractivity contribution in [3.8, 4) is 0 Å². The van der Waals surface area contributed by atoms with Gasteiger partial charge in [-0.25, -0.2) is 0 Å². The molecule has 1 rings (SSSR count). The Bertz CT molecular complexity index is 125. The number of hydrogen-bond donors (Lipinski definition) is 1. The summed E-state index contributed by atoms with van der Waals surface area (Å²) >= 11 is 0. The van der Waals surface area contributed by atoms with Crippen LogP contribution < -0.4 is 0 Å². The van der Waals surface area contributed by atoms with Gasteiger partial charge in [0.15, 0.2) is 0 Å². The van der Waals surface area contributed by atoms with E-state index in [4.69, 9.17) is 0 Å². The molecule has 0 amide bonds. The zero-order valence-electron chi connectivity index (χ0n) is 9.13. The summed E-state index contributed by atoms with van der Waals surface area (Å²) < 4.78 is 0. The summed E-state index contributed by atoms with van der Waals surface area (Å²) in [6.07, 6.45) is 8.14. The molecule has 0 saturated heterocycles. The highest BCUT2D eigenvalue weighted by atomic mass is 16.3. The average Bonchev–Trinajstić information content (AvgIpc) is 2.55. The summed E-state index contributed by atoms with van der Waals surface area (Å²) in [5, 5.41) is 9.24. The van der Waals surface area contributed by atoms with E-state index in [2.05, 4.69) is 13.8 Å². The number of aliphatic hydroxyl groups excluding tert-OH is 1. The number of hydrogen-bond acceptors (Lipinski definition) is 1. The Morgan fingerprint density at radius 2 is 1.85 bits per heavy atom. The van der Waals surface area contributed by atoms with Crippen LogP contribution in [0.15, 0.2) is 0 Å². The summed E-state index contributed by atoms with van der Waals surface area (Å²) in [5.74, 6) is 2.23. The van der Waals surface area contributed by atoms with Crippen molar-refractivity contribution in [1.29, 1.82) is 0 Å². The van der Waals surface area contributed by atoms with E-state index in [0.29, 0.717) is 12.5 Å². The fourth-order valence-electron chi connectivity index (χ4n) is 2.63. The summed E-state index contributed by atoms with van der Waals surface area (Å²) in [6, 6.07) is 0. The van der Waals surface area contributed by atoms with Gasteiger partial charge in [0, 0.05) is 6.61 Å².